The van der Waals surface area contributed by atoms with Crippen molar-refractivity contribution in [3.05, 3.63) is 54.1 Å². The number of carbonyl (C=O) groups is 3. The maximum Gasteiger partial charge on any atom is 0.325 e. The Labute approximate surface area is 201 Å². The molecule has 9 heteroatoms. The SMILES string of the molecule is CCOc1ccc2nc(N(Cc3ccccc3)C(=O)CN3C(=O)NC4(CCCC4)C3=O)sc2c1. The Balaban J connectivity index is 1.44. The Hall–Kier alpha value is -3.46. The molecule has 1 aliphatic carbocycles. The van der Waals surface area contributed by atoms with Gasteiger partial charge in [-0.1, -0.05) is 54.5 Å². The number of urea groups is 1. The largest absolute Gasteiger partial charge is 0.494 e. The van der Waals surface area contributed by atoms with Crippen LogP contribution >= 0.6 is 11.3 Å². The van der Waals surface area contributed by atoms with E-state index in [2.05, 4.69) is 10.3 Å². The standard InChI is InChI=1S/C25H26N4O4S/c1-2-33-18-10-11-19-20(14-18)34-24(26-19)28(15-17-8-4-3-5-9-17)21(30)16-29-22(31)25(27-23(29)32)12-6-7-13-25/h3-5,8-11,14H,2,6-7,12-13,15-16H2,1H3,(H,27,32). The summed E-state index contributed by atoms with van der Waals surface area (Å²) in [6.45, 7) is 2.45. The third kappa shape index (κ3) is 4.11. The lowest BCUT2D eigenvalue weighted by molar-refractivity contribution is -0.134. The van der Waals surface area contributed by atoms with E-state index < -0.39 is 11.6 Å². The molecule has 1 aliphatic heterocycles. The van der Waals surface area contributed by atoms with Crippen molar-refractivity contribution in [2.45, 2.75) is 44.7 Å². The summed E-state index contributed by atoms with van der Waals surface area (Å²) in [5.74, 6) is 0.0903. The number of imide groups is 1. The van der Waals surface area contributed by atoms with Crippen molar-refractivity contribution in [1.82, 2.24) is 15.2 Å². The highest BCUT2D eigenvalue weighted by molar-refractivity contribution is 7.22. The first kappa shape index (κ1) is 22.3. The normalized spacial score (nSPS) is 16.9. The second-order valence-electron chi connectivity index (χ2n) is 8.64. The molecule has 1 saturated heterocycles. The molecule has 1 N–H and O–H groups in total. The van der Waals surface area contributed by atoms with Gasteiger partial charge in [0.2, 0.25) is 5.91 Å². The van der Waals surface area contributed by atoms with E-state index in [0.29, 0.717) is 24.6 Å². The van der Waals surface area contributed by atoms with Gasteiger partial charge in [-0.25, -0.2) is 9.78 Å². The van der Waals surface area contributed by atoms with E-state index in [1.807, 2.05) is 55.5 Å². The highest BCUT2D eigenvalue weighted by Crippen LogP contribution is 2.36. The molecule has 176 valence electrons. The third-order valence-electron chi connectivity index (χ3n) is 6.37. The molecule has 2 fully saturated rings. The van der Waals surface area contributed by atoms with E-state index in [1.54, 1.807) is 4.90 Å². The molecule has 1 spiro atoms. The van der Waals surface area contributed by atoms with Crippen molar-refractivity contribution in [3.63, 3.8) is 0 Å². The number of nitrogens with one attached hydrogen (secondary N) is 1. The number of nitrogens with zero attached hydrogens (tertiary/aromatic N) is 3. The first-order valence-corrected chi connectivity index (χ1v) is 12.3. The number of benzene rings is 2. The second-order valence-corrected chi connectivity index (χ2v) is 9.64. The first-order valence-electron chi connectivity index (χ1n) is 11.5. The van der Waals surface area contributed by atoms with Gasteiger partial charge < -0.3 is 10.1 Å². The lowest BCUT2D eigenvalue weighted by atomic mass is 9.98. The summed E-state index contributed by atoms with van der Waals surface area (Å²) in [5.41, 5.74) is 0.844. The third-order valence-corrected chi connectivity index (χ3v) is 7.41. The highest BCUT2D eigenvalue weighted by Gasteiger charge is 2.53. The summed E-state index contributed by atoms with van der Waals surface area (Å²) >= 11 is 1.38. The molecule has 4 amide bonds. The van der Waals surface area contributed by atoms with Gasteiger partial charge in [0, 0.05) is 0 Å². The van der Waals surface area contributed by atoms with Gasteiger partial charge in [-0.2, -0.15) is 0 Å². The number of hydrogen-bond donors (Lipinski definition) is 1. The Bertz CT molecular complexity index is 1240. The van der Waals surface area contributed by atoms with Gasteiger partial charge in [0.1, 0.15) is 17.8 Å². The van der Waals surface area contributed by atoms with Gasteiger partial charge in [0.25, 0.3) is 5.91 Å². The van der Waals surface area contributed by atoms with Crippen molar-refractivity contribution >= 4 is 44.5 Å². The van der Waals surface area contributed by atoms with Gasteiger partial charge in [-0.3, -0.25) is 19.4 Å². The Morgan fingerprint density at radius 2 is 1.94 bits per heavy atom. The molecule has 8 nitrogen and oxygen atoms in total. The van der Waals surface area contributed by atoms with Crippen LogP contribution in [0.2, 0.25) is 0 Å². The van der Waals surface area contributed by atoms with Crippen molar-refractivity contribution < 1.29 is 19.1 Å². The number of thiazole rings is 1. The maximum atomic E-state index is 13.5. The average molecular weight is 479 g/mol. The molecule has 5 rings (SSSR count). The molecule has 2 heterocycles. The van der Waals surface area contributed by atoms with E-state index in [4.69, 9.17) is 4.74 Å². The zero-order valence-corrected chi connectivity index (χ0v) is 19.8. The molecule has 3 aromatic rings. The highest BCUT2D eigenvalue weighted by atomic mass is 32.1. The number of amides is 4. The van der Waals surface area contributed by atoms with Gasteiger partial charge in [-0.05, 0) is 43.5 Å². The minimum atomic E-state index is -0.840. The summed E-state index contributed by atoms with van der Waals surface area (Å²) < 4.78 is 6.49. The number of rotatable bonds is 7. The van der Waals surface area contributed by atoms with E-state index in [1.165, 1.54) is 11.3 Å². The fourth-order valence-corrected chi connectivity index (χ4v) is 5.66. The molecular formula is C25H26N4O4S. The predicted molar refractivity (Wildman–Crippen MR) is 130 cm³/mol. The molecule has 34 heavy (non-hydrogen) atoms. The van der Waals surface area contributed by atoms with Crippen LogP contribution < -0.4 is 15.0 Å². The maximum absolute atomic E-state index is 13.5. The minimum absolute atomic E-state index is 0.284. The fraction of sp³-hybridized carbons (Fsp3) is 0.360. The summed E-state index contributed by atoms with van der Waals surface area (Å²) in [6, 6.07) is 14.7. The molecule has 0 atom stereocenters. The van der Waals surface area contributed by atoms with Crippen LogP contribution in [0.1, 0.15) is 38.2 Å². The van der Waals surface area contributed by atoms with Crippen LogP contribution in [0.25, 0.3) is 10.2 Å². The topological polar surface area (TPSA) is 91.8 Å². The predicted octanol–water partition coefficient (Wildman–Crippen LogP) is 4.09. The molecule has 0 bridgehead atoms. The summed E-state index contributed by atoms with van der Waals surface area (Å²) in [4.78, 5) is 46.5. The van der Waals surface area contributed by atoms with E-state index in [0.717, 1.165) is 39.3 Å². The monoisotopic (exact) mass is 478 g/mol. The van der Waals surface area contributed by atoms with Gasteiger partial charge in [0.15, 0.2) is 5.13 Å². The number of ether oxygens (including phenoxy) is 1. The molecule has 2 aromatic carbocycles. The van der Waals surface area contributed by atoms with Crippen LogP contribution in [-0.2, 0) is 16.1 Å². The molecule has 0 unspecified atom stereocenters. The zero-order chi connectivity index (χ0) is 23.7. The smallest absolute Gasteiger partial charge is 0.325 e. The number of hydrogen-bond acceptors (Lipinski definition) is 6. The second kappa shape index (κ2) is 9.06. The Morgan fingerprint density at radius 3 is 2.68 bits per heavy atom. The zero-order valence-electron chi connectivity index (χ0n) is 19.0. The lowest BCUT2D eigenvalue weighted by Crippen LogP contribution is -2.46. The summed E-state index contributed by atoms with van der Waals surface area (Å²) in [5, 5.41) is 3.36. The number of carbonyl (C=O) groups excluding carboxylic acids is 3. The van der Waals surface area contributed by atoms with E-state index in [9.17, 15) is 14.4 Å². The average Bonchev–Trinajstić information content (AvgIpc) is 3.53. The van der Waals surface area contributed by atoms with Gasteiger partial charge in [-0.15, -0.1) is 0 Å². The van der Waals surface area contributed by atoms with Crippen molar-refractivity contribution in [1.29, 1.82) is 0 Å². The first-order chi connectivity index (χ1) is 16.5. The summed E-state index contributed by atoms with van der Waals surface area (Å²) in [7, 11) is 0. The van der Waals surface area contributed by atoms with Crippen molar-refractivity contribution in [2.75, 3.05) is 18.1 Å². The molecule has 1 saturated carbocycles. The van der Waals surface area contributed by atoms with E-state index in [-0.39, 0.29) is 24.9 Å². The van der Waals surface area contributed by atoms with Crippen LogP contribution in [0.15, 0.2) is 48.5 Å². The number of anilines is 1. The minimum Gasteiger partial charge on any atom is -0.494 e. The Kier molecular flexibility index (Phi) is 5.95. The van der Waals surface area contributed by atoms with Crippen LogP contribution in [0.3, 0.4) is 0 Å². The van der Waals surface area contributed by atoms with Crippen LogP contribution in [0.5, 0.6) is 5.75 Å². The lowest BCUT2D eigenvalue weighted by Gasteiger charge is -2.23. The van der Waals surface area contributed by atoms with Crippen LogP contribution in [-0.4, -0.2) is 46.4 Å². The fourth-order valence-electron chi connectivity index (χ4n) is 4.65. The van der Waals surface area contributed by atoms with E-state index >= 15 is 0 Å². The summed E-state index contributed by atoms with van der Waals surface area (Å²) in [6.07, 6.45) is 3.03. The van der Waals surface area contributed by atoms with Crippen LogP contribution in [0.4, 0.5) is 9.93 Å². The Morgan fingerprint density at radius 1 is 1.18 bits per heavy atom. The van der Waals surface area contributed by atoms with Crippen molar-refractivity contribution in [2.24, 2.45) is 0 Å². The number of fused-ring (bicyclic) bond motifs is 1. The van der Waals surface area contributed by atoms with Crippen LogP contribution in [0, 0.1) is 0 Å². The molecular weight excluding hydrogens is 452 g/mol. The quantitative estimate of drug-likeness (QED) is 0.517. The molecule has 0 radical (unpaired) electrons. The molecule has 1 aromatic heterocycles. The van der Waals surface area contributed by atoms with Crippen molar-refractivity contribution in [3.8, 4) is 5.75 Å². The number of aromatic nitrogens is 1. The molecule has 2 aliphatic rings. The van der Waals surface area contributed by atoms with Gasteiger partial charge >= 0.3 is 6.03 Å². The van der Waals surface area contributed by atoms with Gasteiger partial charge in [0.05, 0.1) is 23.4 Å².